The van der Waals surface area contributed by atoms with Crippen LogP contribution >= 0.6 is 0 Å². The van der Waals surface area contributed by atoms with Gasteiger partial charge in [-0.15, -0.1) is 0 Å². The van der Waals surface area contributed by atoms with Crippen molar-refractivity contribution in [1.82, 2.24) is 4.90 Å². The smallest absolute Gasteiger partial charge is 0.332 e. The van der Waals surface area contributed by atoms with Crippen LogP contribution in [-0.4, -0.2) is 36.6 Å². The van der Waals surface area contributed by atoms with Gasteiger partial charge in [-0.3, -0.25) is 4.79 Å². The van der Waals surface area contributed by atoms with Crippen molar-refractivity contribution in [2.75, 3.05) is 19.6 Å². The van der Waals surface area contributed by atoms with Gasteiger partial charge in [0.05, 0.1) is 0 Å². The van der Waals surface area contributed by atoms with E-state index < -0.39 is 18.6 Å². The summed E-state index contributed by atoms with van der Waals surface area (Å²) in [6, 6.07) is 0. The first-order valence-corrected chi connectivity index (χ1v) is 5.41. The first kappa shape index (κ1) is 15.2. The molecule has 0 radical (unpaired) electrons. The first-order chi connectivity index (χ1) is 7.35. The van der Waals surface area contributed by atoms with Crippen LogP contribution in [-0.2, 0) is 4.79 Å². The molecule has 1 amide bonds. The molecule has 0 saturated carbocycles. The Morgan fingerprint density at radius 1 is 1.31 bits per heavy atom. The molecule has 0 atom stereocenters. The highest BCUT2D eigenvalue weighted by atomic mass is 19.4. The second kappa shape index (κ2) is 6.73. The fourth-order valence-electron chi connectivity index (χ4n) is 1.54. The number of carbonyl (C=O) groups excluding carboxylic acids is 1. The predicted molar refractivity (Wildman–Crippen MR) is 55.8 cm³/mol. The monoisotopic (exact) mass is 240 g/mol. The molecular formula is C10H19F3N2O. The van der Waals surface area contributed by atoms with Crippen LogP contribution in [0.3, 0.4) is 0 Å². The predicted octanol–water partition coefficient (Wildman–Crippen LogP) is 1.77. The van der Waals surface area contributed by atoms with Gasteiger partial charge in [0, 0.05) is 19.0 Å². The Morgan fingerprint density at radius 3 is 2.12 bits per heavy atom. The molecule has 0 aliphatic rings. The topological polar surface area (TPSA) is 46.3 Å². The lowest BCUT2D eigenvalue weighted by Gasteiger charge is -2.26. The van der Waals surface area contributed by atoms with Gasteiger partial charge in [-0.05, 0) is 12.8 Å². The largest absolute Gasteiger partial charge is 0.406 e. The SMILES string of the molecule is CCC(CC)C(=O)N(CCN)CC(F)(F)F. The van der Waals surface area contributed by atoms with E-state index in [4.69, 9.17) is 5.73 Å². The van der Waals surface area contributed by atoms with E-state index in [0.717, 1.165) is 4.90 Å². The molecule has 0 unspecified atom stereocenters. The second-order valence-corrected chi connectivity index (χ2v) is 3.68. The first-order valence-electron chi connectivity index (χ1n) is 5.41. The average molecular weight is 240 g/mol. The Kier molecular flexibility index (Phi) is 6.40. The van der Waals surface area contributed by atoms with Crippen LogP contribution in [0.15, 0.2) is 0 Å². The van der Waals surface area contributed by atoms with Crippen molar-refractivity contribution >= 4 is 5.91 Å². The zero-order valence-electron chi connectivity index (χ0n) is 9.68. The van der Waals surface area contributed by atoms with E-state index in [1.54, 1.807) is 13.8 Å². The molecule has 2 N–H and O–H groups in total. The van der Waals surface area contributed by atoms with Gasteiger partial charge >= 0.3 is 6.18 Å². The van der Waals surface area contributed by atoms with E-state index in [-0.39, 0.29) is 19.0 Å². The van der Waals surface area contributed by atoms with E-state index in [0.29, 0.717) is 12.8 Å². The van der Waals surface area contributed by atoms with Gasteiger partial charge in [-0.1, -0.05) is 13.8 Å². The Balaban J connectivity index is 4.57. The molecule has 0 spiro atoms. The molecule has 3 nitrogen and oxygen atoms in total. The Morgan fingerprint density at radius 2 is 1.81 bits per heavy atom. The number of rotatable bonds is 6. The van der Waals surface area contributed by atoms with Crippen molar-refractivity contribution in [3.8, 4) is 0 Å². The number of amides is 1. The summed E-state index contributed by atoms with van der Waals surface area (Å²) in [5.74, 6) is -0.790. The second-order valence-electron chi connectivity index (χ2n) is 3.68. The summed E-state index contributed by atoms with van der Waals surface area (Å²) >= 11 is 0. The summed E-state index contributed by atoms with van der Waals surface area (Å²) in [4.78, 5) is 12.5. The highest BCUT2D eigenvalue weighted by Gasteiger charge is 2.34. The summed E-state index contributed by atoms with van der Waals surface area (Å²) in [6.07, 6.45) is -3.26. The molecule has 16 heavy (non-hydrogen) atoms. The molecule has 0 heterocycles. The maximum absolute atomic E-state index is 12.2. The molecular weight excluding hydrogens is 221 g/mol. The van der Waals surface area contributed by atoms with Crippen molar-refractivity contribution in [1.29, 1.82) is 0 Å². The minimum Gasteiger partial charge on any atom is -0.332 e. The molecule has 0 fully saturated rings. The fourth-order valence-corrected chi connectivity index (χ4v) is 1.54. The molecule has 6 heteroatoms. The molecule has 0 aromatic heterocycles. The maximum atomic E-state index is 12.2. The Labute approximate surface area is 93.8 Å². The molecule has 0 bridgehead atoms. The third kappa shape index (κ3) is 5.34. The molecule has 0 rings (SSSR count). The highest BCUT2D eigenvalue weighted by Crippen LogP contribution is 2.19. The van der Waals surface area contributed by atoms with Crippen LogP contribution in [0.4, 0.5) is 13.2 Å². The number of halogens is 3. The van der Waals surface area contributed by atoms with Crippen LogP contribution in [0.2, 0.25) is 0 Å². The third-order valence-corrected chi connectivity index (χ3v) is 2.42. The number of hydrogen-bond acceptors (Lipinski definition) is 2. The van der Waals surface area contributed by atoms with Crippen molar-refractivity contribution < 1.29 is 18.0 Å². The lowest BCUT2D eigenvalue weighted by atomic mass is 10.0. The van der Waals surface area contributed by atoms with E-state index in [2.05, 4.69) is 0 Å². The molecule has 0 aromatic carbocycles. The van der Waals surface area contributed by atoms with E-state index in [9.17, 15) is 18.0 Å². The highest BCUT2D eigenvalue weighted by molar-refractivity contribution is 5.78. The zero-order chi connectivity index (χ0) is 12.8. The third-order valence-electron chi connectivity index (χ3n) is 2.42. The lowest BCUT2D eigenvalue weighted by molar-refractivity contribution is -0.163. The number of alkyl halides is 3. The van der Waals surface area contributed by atoms with Crippen LogP contribution in [0.5, 0.6) is 0 Å². The lowest BCUT2D eigenvalue weighted by Crippen LogP contribution is -2.44. The van der Waals surface area contributed by atoms with Crippen molar-refractivity contribution in [2.45, 2.75) is 32.9 Å². The van der Waals surface area contributed by atoms with Crippen LogP contribution < -0.4 is 5.73 Å². The summed E-state index contributed by atoms with van der Waals surface area (Å²) < 4.78 is 36.7. The number of hydrogen-bond donors (Lipinski definition) is 1. The van der Waals surface area contributed by atoms with Crippen molar-refractivity contribution in [3.05, 3.63) is 0 Å². The van der Waals surface area contributed by atoms with Gasteiger partial charge in [-0.25, -0.2) is 0 Å². The quantitative estimate of drug-likeness (QED) is 0.769. The molecule has 0 aliphatic carbocycles. The van der Waals surface area contributed by atoms with E-state index in [1.807, 2.05) is 0 Å². The summed E-state index contributed by atoms with van der Waals surface area (Å²) in [5, 5.41) is 0. The zero-order valence-corrected chi connectivity index (χ0v) is 9.68. The number of carbonyl (C=O) groups is 1. The minimum absolute atomic E-state index is 0.0436. The van der Waals surface area contributed by atoms with Gasteiger partial charge in [0.2, 0.25) is 5.91 Å². The maximum Gasteiger partial charge on any atom is 0.406 e. The van der Waals surface area contributed by atoms with Crippen LogP contribution in [0.1, 0.15) is 26.7 Å². The molecule has 0 aliphatic heterocycles. The Bertz CT molecular complexity index is 215. The van der Waals surface area contributed by atoms with Gasteiger partial charge in [0.25, 0.3) is 0 Å². The van der Waals surface area contributed by atoms with Gasteiger partial charge in [-0.2, -0.15) is 13.2 Å². The van der Waals surface area contributed by atoms with E-state index in [1.165, 1.54) is 0 Å². The Hall–Kier alpha value is -0.780. The van der Waals surface area contributed by atoms with Crippen LogP contribution in [0, 0.1) is 5.92 Å². The molecule has 96 valence electrons. The summed E-state index contributed by atoms with van der Waals surface area (Å²) in [6.45, 7) is 2.37. The number of nitrogens with zero attached hydrogens (tertiary/aromatic N) is 1. The molecule has 0 saturated heterocycles. The summed E-state index contributed by atoms with van der Waals surface area (Å²) in [7, 11) is 0. The minimum atomic E-state index is -4.36. The van der Waals surface area contributed by atoms with Gasteiger partial charge < -0.3 is 10.6 Å². The van der Waals surface area contributed by atoms with Crippen molar-refractivity contribution in [2.24, 2.45) is 11.7 Å². The fraction of sp³-hybridized carbons (Fsp3) is 0.900. The normalized spacial score (nSPS) is 11.9. The number of nitrogens with two attached hydrogens (primary N) is 1. The van der Waals surface area contributed by atoms with Gasteiger partial charge in [0.15, 0.2) is 0 Å². The summed E-state index contributed by atoms with van der Waals surface area (Å²) in [5.41, 5.74) is 5.21. The van der Waals surface area contributed by atoms with Crippen LogP contribution in [0.25, 0.3) is 0 Å². The van der Waals surface area contributed by atoms with Gasteiger partial charge in [0.1, 0.15) is 6.54 Å². The van der Waals surface area contributed by atoms with Crippen molar-refractivity contribution in [3.63, 3.8) is 0 Å². The van der Waals surface area contributed by atoms with E-state index >= 15 is 0 Å². The standard InChI is InChI=1S/C10H19F3N2O/c1-3-8(4-2)9(16)15(6-5-14)7-10(11,12)13/h8H,3-7,14H2,1-2H3. The average Bonchev–Trinajstić information content (AvgIpc) is 2.17. The molecule has 0 aromatic rings.